The summed E-state index contributed by atoms with van der Waals surface area (Å²) in [4.78, 5) is 10.1. The molecule has 6 rings (SSSR count). The molecule has 2 aliphatic rings. The summed E-state index contributed by atoms with van der Waals surface area (Å²) in [7, 11) is 2.19. The monoisotopic (exact) mass is 492 g/mol. The van der Waals surface area contributed by atoms with Crippen molar-refractivity contribution in [2.24, 2.45) is 0 Å². The highest BCUT2D eigenvalue weighted by atomic mass is 35.5. The van der Waals surface area contributed by atoms with Gasteiger partial charge in [0.15, 0.2) is 0 Å². The van der Waals surface area contributed by atoms with Crippen molar-refractivity contribution in [2.75, 3.05) is 39.8 Å². The summed E-state index contributed by atoms with van der Waals surface area (Å²) in [5.41, 5.74) is 6.41. The predicted molar refractivity (Wildman–Crippen MR) is 141 cm³/mol. The second-order valence-corrected chi connectivity index (χ2v) is 10.8. The van der Waals surface area contributed by atoms with Crippen LogP contribution in [0, 0.1) is 6.92 Å². The number of piperazine rings is 1. The Balaban J connectivity index is 1.60. The first-order valence-electron chi connectivity index (χ1n) is 12.6. The number of nitrogens with zero attached hydrogens (tertiary/aromatic N) is 4. The van der Waals surface area contributed by atoms with Gasteiger partial charge in [-0.3, -0.25) is 4.90 Å². The number of ether oxygens (including phenoxy) is 1. The highest BCUT2D eigenvalue weighted by Gasteiger charge is 2.32. The van der Waals surface area contributed by atoms with Crippen molar-refractivity contribution in [1.29, 1.82) is 0 Å². The van der Waals surface area contributed by atoms with Gasteiger partial charge in [0, 0.05) is 72.9 Å². The second-order valence-electron chi connectivity index (χ2n) is 10.4. The van der Waals surface area contributed by atoms with Crippen LogP contribution in [0.25, 0.3) is 27.3 Å². The molecule has 3 aromatic heterocycles. The molecule has 0 saturated carbocycles. The van der Waals surface area contributed by atoms with Crippen LogP contribution in [0.2, 0.25) is 5.02 Å². The quantitative estimate of drug-likeness (QED) is 0.442. The van der Waals surface area contributed by atoms with Crippen molar-refractivity contribution in [3.63, 3.8) is 0 Å². The lowest BCUT2D eigenvalue weighted by Crippen LogP contribution is -2.43. The molecule has 0 radical (unpaired) electrons. The minimum atomic E-state index is -0.885. The van der Waals surface area contributed by atoms with Crippen molar-refractivity contribution in [3.8, 4) is 0 Å². The molecule has 1 N–H and O–H groups in total. The van der Waals surface area contributed by atoms with Crippen molar-refractivity contribution in [1.82, 2.24) is 19.2 Å². The van der Waals surface area contributed by atoms with Gasteiger partial charge in [0.1, 0.15) is 0 Å². The minimum absolute atomic E-state index is 0.514. The summed E-state index contributed by atoms with van der Waals surface area (Å²) in [5.74, 6) is 0. The molecular weight excluding hydrogens is 460 g/mol. The first kappa shape index (κ1) is 23.2. The molecule has 2 aliphatic heterocycles. The van der Waals surface area contributed by atoms with E-state index in [1.165, 1.54) is 16.3 Å². The number of aliphatic hydroxyl groups is 1. The topological polar surface area (TPSA) is 53.2 Å². The third-order valence-electron chi connectivity index (χ3n) is 8.11. The number of rotatable bonds is 3. The summed E-state index contributed by atoms with van der Waals surface area (Å²) in [6, 6.07) is 6.34. The molecule has 0 bridgehead atoms. The molecule has 1 aromatic carbocycles. The van der Waals surface area contributed by atoms with Gasteiger partial charge in [0.2, 0.25) is 0 Å². The van der Waals surface area contributed by atoms with E-state index in [2.05, 4.69) is 52.7 Å². The zero-order valence-electron chi connectivity index (χ0n) is 20.8. The second kappa shape index (κ2) is 8.71. The number of likely N-dealkylation sites (N-methyl/N-ethyl adjacent to an activating group) is 1. The van der Waals surface area contributed by atoms with Crippen LogP contribution >= 0.6 is 11.6 Å². The lowest BCUT2D eigenvalue weighted by Gasteiger charge is -2.32. The van der Waals surface area contributed by atoms with Crippen LogP contribution < -0.4 is 0 Å². The van der Waals surface area contributed by atoms with Crippen LogP contribution in [-0.4, -0.2) is 64.1 Å². The Kier molecular flexibility index (Phi) is 5.78. The van der Waals surface area contributed by atoms with Gasteiger partial charge in [0.25, 0.3) is 0 Å². The van der Waals surface area contributed by atoms with Gasteiger partial charge in [-0.05, 0) is 55.3 Å². The van der Waals surface area contributed by atoms with Crippen LogP contribution in [0.5, 0.6) is 0 Å². The van der Waals surface area contributed by atoms with E-state index < -0.39 is 5.60 Å². The molecule has 6 nitrogen and oxygen atoms in total. The Morgan fingerprint density at radius 3 is 2.69 bits per heavy atom. The Morgan fingerprint density at radius 2 is 1.91 bits per heavy atom. The van der Waals surface area contributed by atoms with Crippen molar-refractivity contribution in [3.05, 3.63) is 57.9 Å². The predicted octanol–water partition coefficient (Wildman–Crippen LogP) is 4.87. The number of fused-ring (bicyclic) bond motifs is 5. The third kappa shape index (κ3) is 3.92. The van der Waals surface area contributed by atoms with Crippen molar-refractivity contribution >= 4 is 38.9 Å². The van der Waals surface area contributed by atoms with E-state index in [4.69, 9.17) is 21.3 Å². The summed E-state index contributed by atoms with van der Waals surface area (Å²) in [5, 5.41) is 14.6. The van der Waals surface area contributed by atoms with Gasteiger partial charge >= 0.3 is 0 Å². The van der Waals surface area contributed by atoms with E-state index in [9.17, 15) is 5.11 Å². The van der Waals surface area contributed by atoms with Crippen LogP contribution in [0.4, 0.5) is 0 Å². The SMILES string of the molecule is CCC1(O)CCOCc2cn3cc4c(CN5CCN(C)CC5)c5cc(C)c(Cl)cc5nc4c3cc21. The number of halogens is 1. The number of hydrogen-bond donors (Lipinski definition) is 1. The molecule has 5 heterocycles. The number of aryl methyl sites for hydroxylation is 1. The maximum atomic E-state index is 11.5. The molecule has 0 aliphatic carbocycles. The van der Waals surface area contributed by atoms with Crippen LogP contribution in [0.3, 0.4) is 0 Å². The molecule has 1 unspecified atom stereocenters. The zero-order valence-corrected chi connectivity index (χ0v) is 21.5. The van der Waals surface area contributed by atoms with Crippen molar-refractivity contribution < 1.29 is 9.84 Å². The van der Waals surface area contributed by atoms with E-state index in [-0.39, 0.29) is 0 Å². The largest absolute Gasteiger partial charge is 0.385 e. The molecule has 0 amide bonds. The lowest BCUT2D eigenvalue weighted by atomic mass is 9.86. The lowest BCUT2D eigenvalue weighted by molar-refractivity contribution is 0.00232. The standard InChI is InChI=1S/C28H33ClN4O2/c1-4-28(34)5-10-35-17-19-14-33-16-22-21(15-32-8-6-31(3)7-9-32)20-11-18(2)24(29)13-25(20)30-27(22)26(33)12-23(19)28/h11-14,16,34H,4-10,15,17H2,1-3H3. The van der Waals surface area contributed by atoms with E-state index >= 15 is 0 Å². The average molecular weight is 493 g/mol. The van der Waals surface area contributed by atoms with E-state index in [1.807, 2.05) is 13.0 Å². The van der Waals surface area contributed by atoms with Crippen LogP contribution in [0.1, 0.15) is 42.0 Å². The van der Waals surface area contributed by atoms with Gasteiger partial charge in [0.05, 0.1) is 35.4 Å². The van der Waals surface area contributed by atoms with Gasteiger partial charge < -0.3 is 19.1 Å². The number of pyridine rings is 2. The van der Waals surface area contributed by atoms with Crippen molar-refractivity contribution in [2.45, 2.75) is 45.4 Å². The molecule has 1 fully saturated rings. The van der Waals surface area contributed by atoms with E-state index in [0.29, 0.717) is 26.1 Å². The van der Waals surface area contributed by atoms with Gasteiger partial charge in [-0.2, -0.15) is 0 Å². The Bertz CT molecular complexity index is 1440. The Labute approximate surface area is 211 Å². The summed E-state index contributed by atoms with van der Waals surface area (Å²) < 4.78 is 8.02. The minimum Gasteiger partial charge on any atom is -0.385 e. The molecule has 184 valence electrons. The highest BCUT2D eigenvalue weighted by Crippen LogP contribution is 2.38. The fraction of sp³-hybridized carbons (Fsp3) is 0.464. The molecule has 1 atom stereocenters. The maximum absolute atomic E-state index is 11.5. The molecule has 4 aromatic rings. The molecule has 0 spiro atoms. The molecule has 7 heteroatoms. The van der Waals surface area contributed by atoms with Crippen LogP contribution in [0.15, 0.2) is 30.6 Å². The highest BCUT2D eigenvalue weighted by molar-refractivity contribution is 6.32. The average Bonchev–Trinajstić information content (AvgIpc) is 3.11. The molecular formula is C28H33ClN4O2. The maximum Gasteiger partial charge on any atom is 0.0968 e. The normalized spacial score (nSPS) is 22.2. The first-order valence-corrected chi connectivity index (χ1v) is 13.0. The Hall–Kier alpha value is -2.22. The molecule has 1 saturated heterocycles. The van der Waals surface area contributed by atoms with E-state index in [0.717, 1.165) is 71.0 Å². The zero-order chi connectivity index (χ0) is 24.3. The number of benzene rings is 1. The summed E-state index contributed by atoms with van der Waals surface area (Å²) >= 11 is 6.55. The summed E-state index contributed by atoms with van der Waals surface area (Å²) in [6.45, 7) is 10.3. The van der Waals surface area contributed by atoms with Gasteiger partial charge in [-0.25, -0.2) is 4.98 Å². The van der Waals surface area contributed by atoms with Gasteiger partial charge in [-0.15, -0.1) is 0 Å². The third-order valence-corrected chi connectivity index (χ3v) is 8.51. The number of hydrogen-bond acceptors (Lipinski definition) is 5. The Morgan fingerprint density at radius 1 is 1.11 bits per heavy atom. The molecule has 35 heavy (non-hydrogen) atoms. The number of aromatic nitrogens is 2. The fourth-order valence-electron chi connectivity index (χ4n) is 5.73. The van der Waals surface area contributed by atoms with Gasteiger partial charge in [-0.1, -0.05) is 18.5 Å². The fourth-order valence-corrected chi connectivity index (χ4v) is 5.89. The van der Waals surface area contributed by atoms with Crippen LogP contribution in [-0.2, 0) is 23.5 Å². The smallest absolute Gasteiger partial charge is 0.0968 e. The summed E-state index contributed by atoms with van der Waals surface area (Å²) in [6.07, 6.45) is 5.59. The van der Waals surface area contributed by atoms with E-state index in [1.54, 1.807) is 0 Å². The first-order chi connectivity index (χ1) is 16.9.